The standard InChI is InChI=1S/C25H24F2N4O2/c1-2-20(32)12-16-10-17(13-18(26)11-16)24-21(27)15-28-25(30-24)29-19-6-7-23(33)22(14-19)31-8-4-3-5-9-31/h2,6-7,10-11,13-15,33H,1,3-5,8-9,12H2,(H,28,29,30). The maximum atomic E-state index is 14.5. The van der Waals surface area contributed by atoms with Crippen LogP contribution in [0, 0.1) is 11.6 Å². The van der Waals surface area contributed by atoms with E-state index >= 15 is 0 Å². The van der Waals surface area contributed by atoms with Crippen LogP contribution in [0.25, 0.3) is 11.3 Å². The van der Waals surface area contributed by atoms with E-state index in [4.69, 9.17) is 0 Å². The lowest BCUT2D eigenvalue weighted by molar-refractivity contribution is -0.114. The summed E-state index contributed by atoms with van der Waals surface area (Å²) < 4.78 is 28.7. The van der Waals surface area contributed by atoms with Crippen LogP contribution in [0.5, 0.6) is 5.75 Å². The molecular weight excluding hydrogens is 426 g/mol. The first-order chi connectivity index (χ1) is 15.9. The average Bonchev–Trinajstić information content (AvgIpc) is 2.81. The van der Waals surface area contributed by atoms with Crippen LogP contribution < -0.4 is 10.2 Å². The molecule has 2 aromatic carbocycles. The zero-order valence-corrected chi connectivity index (χ0v) is 18.0. The number of carbonyl (C=O) groups is 1. The minimum atomic E-state index is -0.716. The van der Waals surface area contributed by atoms with E-state index < -0.39 is 11.6 Å². The van der Waals surface area contributed by atoms with Gasteiger partial charge in [-0.15, -0.1) is 0 Å². The van der Waals surface area contributed by atoms with E-state index in [2.05, 4.69) is 26.8 Å². The molecule has 3 aromatic rings. The fourth-order valence-electron chi connectivity index (χ4n) is 3.91. The summed E-state index contributed by atoms with van der Waals surface area (Å²) in [6.07, 6.45) is 5.43. The Morgan fingerprint density at radius 3 is 2.70 bits per heavy atom. The van der Waals surface area contributed by atoms with Crippen molar-refractivity contribution in [3.05, 3.63) is 72.4 Å². The molecule has 0 amide bonds. The zero-order chi connectivity index (χ0) is 23.4. The van der Waals surface area contributed by atoms with Gasteiger partial charge in [-0.3, -0.25) is 4.79 Å². The molecule has 4 rings (SSSR count). The van der Waals surface area contributed by atoms with E-state index in [0.29, 0.717) is 16.9 Å². The van der Waals surface area contributed by atoms with Gasteiger partial charge in [-0.2, -0.15) is 0 Å². The summed E-state index contributed by atoms with van der Waals surface area (Å²) in [5.74, 6) is -1.28. The molecule has 0 atom stereocenters. The number of aromatic hydroxyl groups is 1. The van der Waals surface area contributed by atoms with Gasteiger partial charge in [0.2, 0.25) is 5.95 Å². The van der Waals surface area contributed by atoms with E-state index in [1.54, 1.807) is 18.2 Å². The Hall–Kier alpha value is -3.81. The smallest absolute Gasteiger partial charge is 0.227 e. The molecule has 2 heterocycles. The van der Waals surface area contributed by atoms with E-state index in [1.807, 2.05) is 0 Å². The Morgan fingerprint density at radius 2 is 1.94 bits per heavy atom. The molecule has 1 saturated heterocycles. The van der Waals surface area contributed by atoms with E-state index in [1.165, 1.54) is 18.6 Å². The summed E-state index contributed by atoms with van der Waals surface area (Å²) >= 11 is 0. The van der Waals surface area contributed by atoms with Crippen LogP contribution in [0.3, 0.4) is 0 Å². The van der Waals surface area contributed by atoms with Crippen molar-refractivity contribution in [2.45, 2.75) is 25.7 Å². The number of phenolic OH excluding ortho intramolecular Hbond substituents is 1. The van der Waals surface area contributed by atoms with Crippen molar-refractivity contribution in [3.8, 4) is 17.0 Å². The van der Waals surface area contributed by atoms with Crippen LogP contribution in [0.1, 0.15) is 24.8 Å². The Balaban J connectivity index is 1.62. The molecule has 0 bridgehead atoms. The van der Waals surface area contributed by atoms with Crippen molar-refractivity contribution in [1.82, 2.24) is 9.97 Å². The van der Waals surface area contributed by atoms with Crippen molar-refractivity contribution in [2.24, 2.45) is 0 Å². The summed E-state index contributed by atoms with van der Waals surface area (Å²) in [7, 11) is 0. The molecular formula is C25H24F2N4O2. The number of phenols is 1. The number of rotatable bonds is 7. The summed E-state index contributed by atoms with van der Waals surface area (Å²) in [4.78, 5) is 22.0. The number of hydrogen-bond acceptors (Lipinski definition) is 6. The van der Waals surface area contributed by atoms with Crippen LogP contribution >= 0.6 is 0 Å². The molecule has 6 nitrogen and oxygen atoms in total. The number of hydrogen-bond donors (Lipinski definition) is 2. The molecule has 8 heteroatoms. The first-order valence-electron chi connectivity index (χ1n) is 10.8. The summed E-state index contributed by atoms with van der Waals surface area (Å²) in [5.41, 5.74) is 1.84. The molecule has 1 fully saturated rings. The van der Waals surface area contributed by atoms with Gasteiger partial charge in [-0.1, -0.05) is 6.58 Å². The quantitative estimate of drug-likeness (QED) is 0.383. The number of benzene rings is 2. The monoisotopic (exact) mass is 450 g/mol. The van der Waals surface area contributed by atoms with Gasteiger partial charge in [0.05, 0.1) is 11.9 Å². The lowest BCUT2D eigenvalue weighted by Gasteiger charge is -2.29. The van der Waals surface area contributed by atoms with E-state index in [9.17, 15) is 18.7 Å². The molecule has 33 heavy (non-hydrogen) atoms. The highest BCUT2D eigenvalue weighted by Crippen LogP contribution is 2.33. The maximum absolute atomic E-state index is 14.5. The zero-order valence-electron chi connectivity index (χ0n) is 18.0. The molecule has 0 spiro atoms. The molecule has 0 saturated carbocycles. The number of ketones is 1. The van der Waals surface area contributed by atoms with Gasteiger partial charge in [-0.05, 0) is 67.3 Å². The first kappa shape index (κ1) is 22.4. The third-order valence-electron chi connectivity index (χ3n) is 5.51. The van der Waals surface area contributed by atoms with Gasteiger partial charge in [0.15, 0.2) is 11.6 Å². The Bertz CT molecular complexity index is 1190. The number of aromatic nitrogens is 2. The number of nitrogens with zero attached hydrogens (tertiary/aromatic N) is 3. The molecule has 1 aliphatic rings. The number of anilines is 3. The Kier molecular flexibility index (Phi) is 6.63. The average molecular weight is 450 g/mol. The highest BCUT2D eigenvalue weighted by Gasteiger charge is 2.16. The second-order valence-electron chi connectivity index (χ2n) is 7.96. The third-order valence-corrected chi connectivity index (χ3v) is 5.51. The highest BCUT2D eigenvalue weighted by molar-refractivity contribution is 5.91. The van der Waals surface area contributed by atoms with Gasteiger partial charge in [-0.25, -0.2) is 18.7 Å². The molecule has 0 aliphatic carbocycles. The van der Waals surface area contributed by atoms with E-state index in [-0.39, 0.29) is 35.2 Å². The minimum absolute atomic E-state index is 0.0428. The topological polar surface area (TPSA) is 78.3 Å². The van der Waals surface area contributed by atoms with Gasteiger partial charge in [0.25, 0.3) is 0 Å². The number of carbonyl (C=O) groups excluding carboxylic acids is 1. The molecule has 170 valence electrons. The normalized spacial score (nSPS) is 13.6. The van der Waals surface area contributed by atoms with Gasteiger partial charge < -0.3 is 15.3 Å². The third kappa shape index (κ3) is 5.34. The largest absolute Gasteiger partial charge is 0.506 e. The van der Waals surface area contributed by atoms with Crippen molar-refractivity contribution in [1.29, 1.82) is 0 Å². The van der Waals surface area contributed by atoms with Crippen molar-refractivity contribution >= 4 is 23.1 Å². The number of nitrogens with one attached hydrogen (secondary N) is 1. The molecule has 1 aliphatic heterocycles. The molecule has 0 unspecified atom stereocenters. The second-order valence-corrected chi connectivity index (χ2v) is 7.96. The minimum Gasteiger partial charge on any atom is -0.506 e. The predicted molar refractivity (Wildman–Crippen MR) is 124 cm³/mol. The van der Waals surface area contributed by atoms with Crippen molar-refractivity contribution in [3.63, 3.8) is 0 Å². The fourth-order valence-corrected chi connectivity index (χ4v) is 3.91. The predicted octanol–water partition coefficient (Wildman–Crippen LogP) is 5.16. The van der Waals surface area contributed by atoms with Crippen LogP contribution in [0.4, 0.5) is 26.1 Å². The fraction of sp³-hybridized carbons (Fsp3) is 0.240. The summed E-state index contributed by atoms with van der Waals surface area (Å²) in [6.45, 7) is 5.15. The Labute approximate surface area is 190 Å². The van der Waals surface area contributed by atoms with Gasteiger partial charge in [0.1, 0.15) is 17.3 Å². The number of allylic oxidation sites excluding steroid dienone is 1. The van der Waals surface area contributed by atoms with Crippen molar-refractivity contribution < 1.29 is 18.7 Å². The highest BCUT2D eigenvalue weighted by atomic mass is 19.1. The van der Waals surface area contributed by atoms with Crippen LogP contribution in [-0.2, 0) is 11.2 Å². The lowest BCUT2D eigenvalue weighted by Crippen LogP contribution is -2.29. The Morgan fingerprint density at radius 1 is 1.15 bits per heavy atom. The molecule has 1 aromatic heterocycles. The van der Waals surface area contributed by atoms with Gasteiger partial charge in [0, 0.05) is 30.8 Å². The second kappa shape index (κ2) is 9.77. The summed E-state index contributed by atoms with van der Waals surface area (Å²) in [5, 5.41) is 13.3. The van der Waals surface area contributed by atoms with Crippen LogP contribution in [0.2, 0.25) is 0 Å². The van der Waals surface area contributed by atoms with E-state index in [0.717, 1.165) is 44.3 Å². The first-order valence-corrected chi connectivity index (χ1v) is 10.8. The molecule has 2 N–H and O–H groups in total. The number of halogens is 2. The summed E-state index contributed by atoms with van der Waals surface area (Å²) in [6, 6.07) is 8.97. The SMILES string of the molecule is C=CC(=O)Cc1cc(F)cc(-c2nc(Nc3ccc(O)c(N4CCCCC4)c3)ncc2F)c1. The van der Waals surface area contributed by atoms with Crippen LogP contribution in [0.15, 0.2) is 55.3 Å². The lowest BCUT2D eigenvalue weighted by atomic mass is 10.0. The number of piperidine rings is 1. The van der Waals surface area contributed by atoms with Gasteiger partial charge >= 0.3 is 0 Å². The van der Waals surface area contributed by atoms with Crippen LogP contribution in [-0.4, -0.2) is 33.9 Å². The maximum Gasteiger partial charge on any atom is 0.227 e. The molecule has 0 radical (unpaired) electrons. The van der Waals surface area contributed by atoms with Crippen molar-refractivity contribution in [2.75, 3.05) is 23.3 Å².